The highest BCUT2D eigenvalue weighted by atomic mass is 35.5. The number of pyridine rings is 2. The summed E-state index contributed by atoms with van der Waals surface area (Å²) in [7, 11) is 1.68. The van der Waals surface area contributed by atoms with E-state index in [0.29, 0.717) is 6.54 Å². The van der Waals surface area contributed by atoms with Crippen LogP contribution in [0, 0.1) is 0 Å². The summed E-state index contributed by atoms with van der Waals surface area (Å²) in [5.74, 6) is -0.0105. The second-order valence-electron chi connectivity index (χ2n) is 4.09. The molecule has 0 saturated heterocycles. The second kappa shape index (κ2) is 5.67. The summed E-state index contributed by atoms with van der Waals surface area (Å²) in [5.41, 5.74) is 6.66. The molecular formula is C13H13ClN4O. The zero-order chi connectivity index (χ0) is 13.8. The minimum Gasteiger partial charge on any atom is -0.384 e. The van der Waals surface area contributed by atoms with Crippen molar-refractivity contribution in [3.05, 3.63) is 52.9 Å². The molecule has 0 aliphatic carbocycles. The molecular weight excluding hydrogens is 264 g/mol. The van der Waals surface area contributed by atoms with Gasteiger partial charge in [-0.3, -0.25) is 9.78 Å². The molecule has 2 N–H and O–H groups in total. The number of carbonyl (C=O) groups excluding carboxylic acids is 1. The van der Waals surface area contributed by atoms with Gasteiger partial charge in [0.1, 0.15) is 11.5 Å². The number of nitrogens with zero attached hydrogens (tertiary/aromatic N) is 3. The van der Waals surface area contributed by atoms with Crippen LogP contribution in [0.5, 0.6) is 0 Å². The van der Waals surface area contributed by atoms with Crippen LogP contribution in [0.2, 0.25) is 5.02 Å². The van der Waals surface area contributed by atoms with Crippen molar-refractivity contribution in [3.8, 4) is 0 Å². The topological polar surface area (TPSA) is 72.1 Å². The predicted octanol–water partition coefficient (Wildman–Crippen LogP) is 1.98. The van der Waals surface area contributed by atoms with Crippen molar-refractivity contribution in [2.24, 2.45) is 0 Å². The summed E-state index contributed by atoms with van der Waals surface area (Å²) in [5, 5.41) is 0.289. The minimum absolute atomic E-state index is 0.160. The molecule has 0 saturated carbocycles. The monoisotopic (exact) mass is 276 g/mol. The van der Waals surface area contributed by atoms with Crippen LogP contribution in [0.15, 0.2) is 36.7 Å². The van der Waals surface area contributed by atoms with Crippen LogP contribution in [0.3, 0.4) is 0 Å². The molecule has 19 heavy (non-hydrogen) atoms. The largest absolute Gasteiger partial charge is 0.384 e. The SMILES string of the molecule is CN(Cc1cccnc1)C(=O)c1nc(N)ccc1Cl. The molecule has 0 radical (unpaired) electrons. The van der Waals surface area contributed by atoms with Crippen LogP contribution in [0.4, 0.5) is 5.82 Å². The molecule has 0 unspecified atom stereocenters. The lowest BCUT2D eigenvalue weighted by molar-refractivity contribution is 0.0779. The van der Waals surface area contributed by atoms with Gasteiger partial charge in [-0.1, -0.05) is 17.7 Å². The van der Waals surface area contributed by atoms with E-state index in [4.69, 9.17) is 17.3 Å². The van der Waals surface area contributed by atoms with Gasteiger partial charge in [-0.15, -0.1) is 0 Å². The fourth-order valence-corrected chi connectivity index (χ4v) is 1.81. The Labute approximate surface area is 116 Å². The minimum atomic E-state index is -0.277. The molecule has 1 amide bonds. The van der Waals surface area contributed by atoms with Gasteiger partial charge in [0.2, 0.25) is 0 Å². The lowest BCUT2D eigenvalue weighted by atomic mass is 10.2. The van der Waals surface area contributed by atoms with Gasteiger partial charge < -0.3 is 10.6 Å². The standard InChI is InChI=1S/C13H13ClN4O/c1-18(8-9-3-2-6-16-7-9)13(19)12-10(14)4-5-11(15)17-12/h2-7H,8H2,1H3,(H2,15,17). The number of rotatable bonds is 3. The van der Waals surface area contributed by atoms with Gasteiger partial charge in [-0.05, 0) is 23.8 Å². The molecule has 6 heteroatoms. The molecule has 0 aliphatic rings. The Balaban J connectivity index is 2.17. The van der Waals surface area contributed by atoms with Crippen LogP contribution < -0.4 is 5.73 Å². The van der Waals surface area contributed by atoms with E-state index in [2.05, 4.69) is 9.97 Å². The van der Waals surface area contributed by atoms with Gasteiger partial charge in [0.05, 0.1) is 5.02 Å². The van der Waals surface area contributed by atoms with Gasteiger partial charge in [-0.2, -0.15) is 0 Å². The van der Waals surface area contributed by atoms with Crippen molar-refractivity contribution in [2.45, 2.75) is 6.54 Å². The molecule has 2 rings (SSSR count). The van der Waals surface area contributed by atoms with Crippen LogP contribution in [-0.4, -0.2) is 27.8 Å². The number of nitrogens with two attached hydrogens (primary N) is 1. The fourth-order valence-electron chi connectivity index (χ4n) is 1.63. The first-order chi connectivity index (χ1) is 9.08. The third kappa shape index (κ3) is 3.20. The van der Waals surface area contributed by atoms with Crippen LogP contribution in [0.25, 0.3) is 0 Å². The average molecular weight is 277 g/mol. The molecule has 0 atom stereocenters. The van der Waals surface area contributed by atoms with E-state index in [1.807, 2.05) is 12.1 Å². The maximum Gasteiger partial charge on any atom is 0.274 e. The van der Waals surface area contributed by atoms with E-state index < -0.39 is 0 Å². The summed E-state index contributed by atoms with van der Waals surface area (Å²) in [6.45, 7) is 0.430. The van der Waals surface area contributed by atoms with Crippen LogP contribution in [-0.2, 0) is 6.54 Å². The molecule has 0 bridgehead atoms. The fraction of sp³-hybridized carbons (Fsp3) is 0.154. The lowest BCUT2D eigenvalue weighted by Crippen LogP contribution is -2.27. The van der Waals surface area contributed by atoms with E-state index in [9.17, 15) is 4.79 Å². The number of hydrogen-bond acceptors (Lipinski definition) is 4. The van der Waals surface area contributed by atoms with Crippen molar-refractivity contribution in [2.75, 3.05) is 12.8 Å². The van der Waals surface area contributed by atoms with Crippen molar-refractivity contribution in [1.29, 1.82) is 0 Å². The molecule has 5 nitrogen and oxygen atoms in total. The Hall–Kier alpha value is -2.14. The first-order valence-corrected chi connectivity index (χ1v) is 6.02. The lowest BCUT2D eigenvalue weighted by Gasteiger charge is -2.17. The molecule has 0 aromatic carbocycles. The Bertz CT molecular complexity index is 588. The first kappa shape index (κ1) is 13.3. The highest BCUT2D eigenvalue weighted by Gasteiger charge is 2.17. The summed E-state index contributed by atoms with van der Waals surface area (Å²) in [4.78, 5) is 21.7. The van der Waals surface area contributed by atoms with Crippen molar-refractivity contribution < 1.29 is 4.79 Å². The third-order valence-corrected chi connectivity index (χ3v) is 2.86. The van der Waals surface area contributed by atoms with Gasteiger partial charge in [-0.25, -0.2) is 4.98 Å². The van der Waals surface area contributed by atoms with E-state index in [1.165, 1.54) is 4.90 Å². The van der Waals surface area contributed by atoms with Gasteiger partial charge in [0, 0.05) is 26.0 Å². The molecule has 2 aromatic rings. The molecule has 98 valence electrons. The van der Waals surface area contributed by atoms with Crippen molar-refractivity contribution >= 4 is 23.3 Å². The van der Waals surface area contributed by atoms with E-state index >= 15 is 0 Å². The smallest absolute Gasteiger partial charge is 0.274 e. The molecule has 2 aromatic heterocycles. The molecule has 0 spiro atoms. The zero-order valence-corrected chi connectivity index (χ0v) is 11.1. The van der Waals surface area contributed by atoms with Crippen molar-refractivity contribution in [1.82, 2.24) is 14.9 Å². The predicted molar refractivity (Wildman–Crippen MR) is 73.7 cm³/mol. The van der Waals surface area contributed by atoms with Gasteiger partial charge in [0.25, 0.3) is 5.91 Å². The Morgan fingerprint density at radius 3 is 2.89 bits per heavy atom. The maximum atomic E-state index is 12.2. The van der Waals surface area contributed by atoms with E-state index in [0.717, 1.165) is 5.56 Å². The van der Waals surface area contributed by atoms with Crippen LogP contribution in [0.1, 0.15) is 16.1 Å². The summed E-state index contributed by atoms with van der Waals surface area (Å²) < 4.78 is 0. The molecule has 2 heterocycles. The number of nitrogen functional groups attached to an aromatic ring is 1. The number of halogens is 1. The second-order valence-corrected chi connectivity index (χ2v) is 4.50. The normalized spacial score (nSPS) is 10.2. The summed E-state index contributed by atoms with van der Waals surface area (Å²) in [6, 6.07) is 6.83. The van der Waals surface area contributed by atoms with E-state index in [-0.39, 0.29) is 22.4 Å². The number of aromatic nitrogens is 2. The number of anilines is 1. The van der Waals surface area contributed by atoms with Gasteiger partial charge in [0.15, 0.2) is 0 Å². The Kier molecular flexibility index (Phi) is 3.97. The quantitative estimate of drug-likeness (QED) is 0.930. The van der Waals surface area contributed by atoms with Gasteiger partial charge >= 0.3 is 0 Å². The summed E-state index contributed by atoms with van der Waals surface area (Å²) >= 11 is 5.96. The third-order valence-electron chi connectivity index (χ3n) is 2.56. The number of hydrogen-bond donors (Lipinski definition) is 1. The Morgan fingerprint density at radius 2 is 2.21 bits per heavy atom. The number of amides is 1. The number of carbonyl (C=O) groups is 1. The zero-order valence-electron chi connectivity index (χ0n) is 10.4. The average Bonchev–Trinajstić information content (AvgIpc) is 2.42. The maximum absolute atomic E-state index is 12.2. The van der Waals surface area contributed by atoms with E-state index in [1.54, 1.807) is 31.6 Å². The highest BCUT2D eigenvalue weighted by Crippen LogP contribution is 2.17. The first-order valence-electron chi connectivity index (χ1n) is 5.64. The Morgan fingerprint density at radius 1 is 1.42 bits per heavy atom. The summed E-state index contributed by atoms with van der Waals surface area (Å²) in [6.07, 6.45) is 3.39. The molecule has 0 aliphatic heterocycles. The molecule has 0 fully saturated rings. The highest BCUT2D eigenvalue weighted by molar-refractivity contribution is 6.33. The van der Waals surface area contributed by atoms with Crippen LogP contribution >= 0.6 is 11.6 Å². The van der Waals surface area contributed by atoms with Crippen molar-refractivity contribution in [3.63, 3.8) is 0 Å².